The van der Waals surface area contributed by atoms with Gasteiger partial charge in [-0.1, -0.05) is 0 Å². The van der Waals surface area contributed by atoms with Gasteiger partial charge in [0.25, 0.3) is 0 Å². The first kappa shape index (κ1) is 17.0. The Bertz CT molecular complexity index is 676. The number of benzene rings is 1. The Morgan fingerprint density at radius 1 is 1.22 bits per heavy atom. The van der Waals surface area contributed by atoms with Crippen molar-refractivity contribution in [2.75, 3.05) is 0 Å². The number of carboxylic acids is 1. The third-order valence-electron chi connectivity index (χ3n) is 3.11. The van der Waals surface area contributed by atoms with E-state index in [0.29, 0.717) is 13.0 Å². The van der Waals surface area contributed by atoms with Crippen LogP contribution in [0.5, 0.6) is 11.5 Å². The number of hydrogen-bond acceptors (Lipinski definition) is 3. The monoisotopic (exact) mass is 342 g/mol. The molecule has 10 heteroatoms. The van der Waals surface area contributed by atoms with E-state index in [1.807, 2.05) is 0 Å². The summed E-state index contributed by atoms with van der Waals surface area (Å²) in [5.74, 6) is -3.03. The van der Waals surface area contributed by atoms with Crippen molar-refractivity contribution in [3.05, 3.63) is 29.3 Å². The number of ether oxygens (including phenoxy) is 2. The van der Waals surface area contributed by atoms with Crippen molar-refractivity contribution in [1.82, 2.24) is 0 Å². The molecule has 1 N–H and O–H groups in total. The molecule has 0 fully saturated rings. The van der Waals surface area contributed by atoms with Crippen LogP contribution in [0.15, 0.2) is 23.8 Å². The second kappa shape index (κ2) is 5.07. The molecular weight excluding hydrogens is 334 g/mol. The SMILES string of the molecule is CC1(C(F)(F)F)Oc2ccc(OC(F)(F)F)cc2C=C1C(=O)O. The van der Waals surface area contributed by atoms with Gasteiger partial charge in [0.05, 0.1) is 5.57 Å². The third-order valence-corrected chi connectivity index (χ3v) is 3.11. The summed E-state index contributed by atoms with van der Waals surface area (Å²) < 4.78 is 84.2. The van der Waals surface area contributed by atoms with Crippen molar-refractivity contribution < 1.29 is 45.7 Å². The van der Waals surface area contributed by atoms with E-state index in [1.54, 1.807) is 0 Å². The van der Waals surface area contributed by atoms with E-state index in [1.165, 1.54) is 0 Å². The lowest BCUT2D eigenvalue weighted by atomic mass is 9.90. The molecule has 0 radical (unpaired) electrons. The van der Waals surface area contributed by atoms with Gasteiger partial charge in [-0.15, -0.1) is 13.2 Å². The van der Waals surface area contributed by atoms with Crippen molar-refractivity contribution in [3.63, 3.8) is 0 Å². The number of rotatable bonds is 2. The summed E-state index contributed by atoms with van der Waals surface area (Å²) in [4.78, 5) is 11.1. The van der Waals surface area contributed by atoms with Crippen LogP contribution in [-0.4, -0.2) is 29.2 Å². The van der Waals surface area contributed by atoms with Crippen LogP contribution in [-0.2, 0) is 4.79 Å². The Hall–Kier alpha value is -2.39. The van der Waals surface area contributed by atoms with Gasteiger partial charge in [0, 0.05) is 5.56 Å². The summed E-state index contributed by atoms with van der Waals surface area (Å²) in [5.41, 5.74) is -4.55. The Labute approximate surface area is 124 Å². The van der Waals surface area contributed by atoms with Gasteiger partial charge in [0.2, 0.25) is 5.60 Å². The van der Waals surface area contributed by atoms with Crippen LogP contribution in [0.25, 0.3) is 6.08 Å². The predicted octanol–water partition coefficient (Wildman–Crippen LogP) is 3.77. The molecule has 23 heavy (non-hydrogen) atoms. The second-order valence-electron chi connectivity index (χ2n) is 4.74. The fraction of sp³-hybridized carbons (Fsp3) is 0.308. The summed E-state index contributed by atoms with van der Waals surface area (Å²) in [6.45, 7) is 0.524. The van der Waals surface area contributed by atoms with Crippen LogP contribution >= 0.6 is 0 Å². The van der Waals surface area contributed by atoms with E-state index in [4.69, 9.17) is 9.84 Å². The molecule has 0 amide bonds. The summed E-state index contributed by atoms with van der Waals surface area (Å²) in [5, 5.41) is 8.96. The molecule has 0 saturated carbocycles. The molecule has 1 unspecified atom stereocenters. The van der Waals surface area contributed by atoms with E-state index in [0.717, 1.165) is 18.2 Å². The molecule has 0 bridgehead atoms. The van der Waals surface area contributed by atoms with Crippen LogP contribution in [0.1, 0.15) is 12.5 Å². The molecule has 1 aromatic carbocycles. The summed E-state index contributed by atoms with van der Waals surface area (Å²) in [7, 11) is 0. The molecule has 0 aromatic heterocycles. The number of alkyl halides is 6. The second-order valence-corrected chi connectivity index (χ2v) is 4.74. The number of aliphatic carboxylic acids is 1. The highest BCUT2D eigenvalue weighted by molar-refractivity contribution is 5.96. The summed E-state index contributed by atoms with van der Waals surface area (Å²) >= 11 is 0. The number of hydrogen-bond donors (Lipinski definition) is 1. The fourth-order valence-corrected chi connectivity index (χ4v) is 1.97. The molecule has 2 rings (SSSR count). The highest BCUT2D eigenvalue weighted by Crippen LogP contribution is 2.45. The van der Waals surface area contributed by atoms with Gasteiger partial charge < -0.3 is 14.6 Å². The molecule has 0 aliphatic carbocycles. The highest BCUT2D eigenvalue weighted by atomic mass is 19.4. The minimum Gasteiger partial charge on any atom is -0.478 e. The zero-order valence-corrected chi connectivity index (χ0v) is 11.2. The van der Waals surface area contributed by atoms with E-state index in [9.17, 15) is 31.1 Å². The Morgan fingerprint density at radius 3 is 2.30 bits per heavy atom. The average Bonchev–Trinajstić information content (AvgIpc) is 2.35. The third kappa shape index (κ3) is 3.20. The number of halogens is 6. The molecule has 1 aromatic rings. The van der Waals surface area contributed by atoms with E-state index in [2.05, 4.69) is 4.74 Å². The molecular formula is C13H8F6O4. The largest absolute Gasteiger partial charge is 0.573 e. The zero-order valence-electron chi connectivity index (χ0n) is 11.2. The van der Waals surface area contributed by atoms with Crippen LogP contribution in [0.4, 0.5) is 26.3 Å². The van der Waals surface area contributed by atoms with E-state index < -0.39 is 41.2 Å². The standard InChI is InChI=1S/C13H8F6O4/c1-11(12(14,15)16)8(10(20)21)5-6-4-7(22-13(17,18)19)2-3-9(6)23-11/h2-5H,1H3,(H,20,21). The zero-order chi connectivity index (χ0) is 17.6. The average molecular weight is 342 g/mol. The van der Waals surface area contributed by atoms with Crippen molar-refractivity contribution in [1.29, 1.82) is 0 Å². The number of carbonyl (C=O) groups is 1. The predicted molar refractivity (Wildman–Crippen MR) is 63.8 cm³/mol. The lowest BCUT2D eigenvalue weighted by molar-refractivity contribution is -0.274. The smallest absolute Gasteiger partial charge is 0.478 e. The fourth-order valence-electron chi connectivity index (χ4n) is 1.97. The van der Waals surface area contributed by atoms with Gasteiger partial charge >= 0.3 is 18.5 Å². The highest BCUT2D eigenvalue weighted by Gasteiger charge is 2.59. The Balaban J connectivity index is 2.52. The maximum atomic E-state index is 13.1. The first-order chi connectivity index (χ1) is 10.3. The van der Waals surface area contributed by atoms with Crippen LogP contribution in [0.3, 0.4) is 0 Å². The van der Waals surface area contributed by atoms with Gasteiger partial charge in [-0.3, -0.25) is 0 Å². The first-order valence-electron chi connectivity index (χ1n) is 5.94. The normalized spacial score (nSPS) is 21.1. The van der Waals surface area contributed by atoms with Crippen molar-refractivity contribution in [2.45, 2.75) is 25.1 Å². The van der Waals surface area contributed by atoms with Gasteiger partial charge in [-0.05, 0) is 31.2 Å². The molecule has 1 heterocycles. The molecule has 1 aliphatic rings. The van der Waals surface area contributed by atoms with Crippen LogP contribution in [0.2, 0.25) is 0 Å². The Morgan fingerprint density at radius 2 is 1.83 bits per heavy atom. The maximum absolute atomic E-state index is 13.1. The molecule has 1 aliphatic heterocycles. The molecule has 1 atom stereocenters. The molecule has 126 valence electrons. The lowest BCUT2D eigenvalue weighted by Gasteiger charge is -2.36. The van der Waals surface area contributed by atoms with Crippen molar-refractivity contribution in [2.24, 2.45) is 0 Å². The van der Waals surface area contributed by atoms with Gasteiger partial charge in [0.1, 0.15) is 11.5 Å². The summed E-state index contributed by atoms with van der Waals surface area (Å²) in [6, 6.07) is 2.35. The molecule has 0 spiro atoms. The number of fused-ring (bicyclic) bond motifs is 1. The topological polar surface area (TPSA) is 55.8 Å². The number of carboxylic acid groups (broad SMARTS) is 1. The molecule has 4 nitrogen and oxygen atoms in total. The van der Waals surface area contributed by atoms with Gasteiger partial charge in [-0.2, -0.15) is 13.2 Å². The maximum Gasteiger partial charge on any atom is 0.573 e. The van der Waals surface area contributed by atoms with Gasteiger partial charge in [-0.25, -0.2) is 4.79 Å². The molecule has 0 saturated heterocycles. The van der Waals surface area contributed by atoms with Crippen molar-refractivity contribution in [3.8, 4) is 11.5 Å². The van der Waals surface area contributed by atoms with E-state index in [-0.39, 0.29) is 5.56 Å². The first-order valence-corrected chi connectivity index (χ1v) is 5.94. The Kier molecular flexibility index (Phi) is 3.74. The minimum absolute atomic E-state index is 0.272. The van der Waals surface area contributed by atoms with Crippen LogP contribution in [0, 0.1) is 0 Å². The quantitative estimate of drug-likeness (QED) is 0.832. The van der Waals surface area contributed by atoms with Crippen LogP contribution < -0.4 is 9.47 Å². The lowest BCUT2D eigenvalue weighted by Crippen LogP contribution is -2.52. The minimum atomic E-state index is -5.05. The van der Waals surface area contributed by atoms with Crippen molar-refractivity contribution >= 4 is 12.0 Å². The summed E-state index contributed by atoms with van der Waals surface area (Å²) in [6.07, 6.45) is -9.43. The van der Waals surface area contributed by atoms with E-state index >= 15 is 0 Å². The van der Waals surface area contributed by atoms with Gasteiger partial charge in [0.15, 0.2) is 0 Å².